The lowest BCUT2D eigenvalue weighted by molar-refractivity contribution is -0.130. The van der Waals surface area contributed by atoms with E-state index in [0.29, 0.717) is 45.4 Å². The molecular weight excluding hydrogens is 282 g/mol. The summed E-state index contributed by atoms with van der Waals surface area (Å²) in [5.74, 6) is 0.173. The summed E-state index contributed by atoms with van der Waals surface area (Å²) >= 11 is 0. The summed E-state index contributed by atoms with van der Waals surface area (Å²) in [5.41, 5.74) is 8.31. The largest absolute Gasteiger partial charge is 0.339 e. The smallest absolute Gasteiger partial charge is 0.223 e. The van der Waals surface area contributed by atoms with Crippen molar-refractivity contribution in [1.82, 2.24) is 9.21 Å². The lowest BCUT2D eigenvalue weighted by Gasteiger charge is -2.35. The molecule has 0 aliphatic carbocycles. The summed E-state index contributed by atoms with van der Waals surface area (Å²) in [5, 5.41) is 3.53. The van der Waals surface area contributed by atoms with E-state index in [0.717, 1.165) is 0 Å². The van der Waals surface area contributed by atoms with Crippen molar-refractivity contribution in [2.24, 2.45) is 11.0 Å². The first-order chi connectivity index (χ1) is 9.41. The van der Waals surface area contributed by atoms with E-state index in [4.69, 9.17) is 5.53 Å². The molecule has 1 unspecified atom stereocenters. The zero-order valence-corrected chi connectivity index (χ0v) is 12.3. The second-order valence-corrected chi connectivity index (χ2v) is 7.41. The predicted octanol–water partition coefficient (Wildman–Crippen LogP) is 0.569. The van der Waals surface area contributed by atoms with E-state index in [1.165, 1.54) is 10.6 Å². The van der Waals surface area contributed by atoms with Crippen molar-refractivity contribution in [3.05, 3.63) is 10.4 Å². The predicted molar refractivity (Wildman–Crippen MR) is 73.3 cm³/mol. The molecule has 2 fully saturated rings. The van der Waals surface area contributed by atoms with Gasteiger partial charge in [-0.3, -0.25) is 4.79 Å². The van der Waals surface area contributed by atoms with E-state index in [1.54, 1.807) is 0 Å². The molecule has 0 aromatic heterocycles. The molecule has 2 heterocycles. The molecule has 0 radical (unpaired) electrons. The fraction of sp³-hybridized carbons (Fsp3) is 0.909. The minimum absolute atomic E-state index is 0.0842. The molecule has 2 aliphatic heterocycles. The highest BCUT2D eigenvalue weighted by atomic mass is 32.2. The van der Waals surface area contributed by atoms with Crippen LogP contribution in [0.3, 0.4) is 0 Å². The van der Waals surface area contributed by atoms with Gasteiger partial charge < -0.3 is 4.90 Å². The number of nitrogens with zero attached hydrogens (tertiary/aromatic N) is 5. The second-order valence-electron chi connectivity index (χ2n) is 5.42. The summed E-state index contributed by atoms with van der Waals surface area (Å²) in [6.07, 6.45) is 2.98. The van der Waals surface area contributed by atoms with Gasteiger partial charge in [-0.25, -0.2) is 12.7 Å². The van der Waals surface area contributed by atoms with Crippen molar-refractivity contribution in [3.63, 3.8) is 0 Å². The maximum atomic E-state index is 12.0. The summed E-state index contributed by atoms with van der Waals surface area (Å²) in [7, 11) is -3.13. The molecule has 2 aliphatic rings. The van der Waals surface area contributed by atoms with Crippen molar-refractivity contribution in [2.45, 2.75) is 25.3 Å². The fourth-order valence-corrected chi connectivity index (χ4v) is 3.80. The molecule has 20 heavy (non-hydrogen) atoms. The molecule has 0 bridgehead atoms. The summed E-state index contributed by atoms with van der Waals surface area (Å²) < 4.78 is 24.4. The molecule has 9 heteroatoms. The standard InChI is InChI=1S/C11H19N5O3S/c1-20(18,19)15-4-2-10(3-5-15)16-8-9(6-11(16)17)7-13-14-12/h9-10H,2-8H2,1H3. The van der Waals surface area contributed by atoms with Crippen LogP contribution in [-0.4, -0.2) is 62.0 Å². The van der Waals surface area contributed by atoms with Gasteiger partial charge in [-0.2, -0.15) is 0 Å². The van der Waals surface area contributed by atoms with Gasteiger partial charge in [0.2, 0.25) is 15.9 Å². The minimum Gasteiger partial charge on any atom is -0.339 e. The zero-order chi connectivity index (χ0) is 14.8. The molecule has 0 aromatic rings. The number of likely N-dealkylation sites (tertiary alicyclic amines) is 1. The highest BCUT2D eigenvalue weighted by Gasteiger charge is 2.36. The first-order valence-electron chi connectivity index (χ1n) is 6.67. The normalized spacial score (nSPS) is 25.8. The van der Waals surface area contributed by atoms with Gasteiger partial charge in [-0.1, -0.05) is 5.11 Å². The van der Waals surface area contributed by atoms with Crippen LogP contribution >= 0.6 is 0 Å². The summed E-state index contributed by atoms with van der Waals surface area (Å²) in [6, 6.07) is 0.108. The third-order valence-electron chi connectivity index (χ3n) is 3.97. The van der Waals surface area contributed by atoms with Gasteiger partial charge in [0.05, 0.1) is 6.26 Å². The van der Waals surface area contributed by atoms with Crippen molar-refractivity contribution in [2.75, 3.05) is 32.4 Å². The average Bonchev–Trinajstić information content (AvgIpc) is 2.77. The number of sulfonamides is 1. The Balaban J connectivity index is 1.91. The number of carbonyl (C=O) groups is 1. The van der Waals surface area contributed by atoms with Crippen LogP contribution in [0.15, 0.2) is 5.11 Å². The van der Waals surface area contributed by atoms with Gasteiger partial charge in [-0.05, 0) is 24.3 Å². The monoisotopic (exact) mass is 301 g/mol. The van der Waals surface area contributed by atoms with E-state index >= 15 is 0 Å². The number of carbonyl (C=O) groups excluding carboxylic acids is 1. The average molecular weight is 301 g/mol. The summed E-state index contributed by atoms with van der Waals surface area (Å²) in [6.45, 7) is 1.89. The van der Waals surface area contributed by atoms with Crippen LogP contribution in [0.4, 0.5) is 0 Å². The van der Waals surface area contributed by atoms with Gasteiger partial charge >= 0.3 is 0 Å². The molecule has 2 rings (SSSR count). The number of amides is 1. The number of hydrogen-bond donors (Lipinski definition) is 0. The van der Waals surface area contributed by atoms with Gasteiger partial charge in [0.25, 0.3) is 0 Å². The Morgan fingerprint density at radius 1 is 1.40 bits per heavy atom. The number of hydrogen-bond acceptors (Lipinski definition) is 4. The third kappa shape index (κ3) is 3.41. The lowest BCUT2D eigenvalue weighted by Crippen LogP contribution is -2.47. The molecule has 0 aromatic carbocycles. The molecule has 8 nitrogen and oxygen atoms in total. The highest BCUT2D eigenvalue weighted by molar-refractivity contribution is 7.88. The highest BCUT2D eigenvalue weighted by Crippen LogP contribution is 2.26. The maximum Gasteiger partial charge on any atom is 0.223 e. The maximum absolute atomic E-state index is 12.0. The van der Waals surface area contributed by atoms with Crippen LogP contribution < -0.4 is 0 Å². The van der Waals surface area contributed by atoms with Gasteiger partial charge in [0.15, 0.2) is 0 Å². The van der Waals surface area contributed by atoms with E-state index in [-0.39, 0.29) is 17.9 Å². The Morgan fingerprint density at radius 2 is 2.05 bits per heavy atom. The molecule has 0 N–H and O–H groups in total. The Morgan fingerprint density at radius 3 is 2.60 bits per heavy atom. The Kier molecular flexibility index (Phi) is 4.52. The van der Waals surface area contributed by atoms with E-state index in [2.05, 4.69) is 10.0 Å². The molecule has 1 atom stereocenters. The van der Waals surface area contributed by atoms with Crippen LogP contribution in [0.2, 0.25) is 0 Å². The quantitative estimate of drug-likeness (QED) is 0.430. The molecule has 0 spiro atoms. The SMILES string of the molecule is CS(=O)(=O)N1CCC(N2CC(CN=[N+]=[N-])CC2=O)CC1. The first-order valence-corrected chi connectivity index (χ1v) is 8.52. The van der Waals surface area contributed by atoms with E-state index < -0.39 is 10.0 Å². The number of azide groups is 1. The number of piperidine rings is 1. The van der Waals surface area contributed by atoms with Crippen molar-refractivity contribution < 1.29 is 13.2 Å². The van der Waals surface area contributed by atoms with E-state index in [1.807, 2.05) is 4.90 Å². The zero-order valence-electron chi connectivity index (χ0n) is 11.5. The topological polar surface area (TPSA) is 106 Å². The molecule has 1 amide bonds. The van der Waals surface area contributed by atoms with Gasteiger partial charge in [-0.15, -0.1) is 0 Å². The molecule has 2 saturated heterocycles. The number of rotatable bonds is 4. The van der Waals surface area contributed by atoms with Crippen molar-refractivity contribution in [1.29, 1.82) is 0 Å². The fourth-order valence-electron chi connectivity index (χ4n) is 2.92. The molecule has 0 saturated carbocycles. The summed E-state index contributed by atoms with van der Waals surface area (Å²) in [4.78, 5) is 16.5. The lowest BCUT2D eigenvalue weighted by atomic mass is 10.1. The van der Waals surface area contributed by atoms with Crippen molar-refractivity contribution in [3.8, 4) is 0 Å². The van der Waals surface area contributed by atoms with Crippen LogP contribution in [0, 0.1) is 5.92 Å². The van der Waals surface area contributed by atoms with Crippen LogP contribution in [0.5, 0.6) is 0 Å². The van der Waals surface area contributed by atoms with Crippen LogP contribution in [-0.2, 0) is 14.8 Å². The van der Waals surface area contributed by atoms with Crippen LogP contribution in [0.25, 0.3) is 10.4 Å². The first kappa shape index (κ1) is 15.1. The Bertz CT molecular complexity index is 520. The van der Waals surface area contributed by atoms with Crippen LogP contribution in [0.1, 0.15) is 19.3 Å². The Hall–Kier alpha value is -1.31. The second kappa shape index (κ2) is 5.99. The van der Waals surface area contributed by atoms with E-state index in [9.17, 15) is 13.2 Å². The molecular formula is C11H19N5O3S. The minimum atomic E-state index is -3.13. The molecule has 112 valence electrons. The van der Waals surface area contributed by atoms with Crippen molar-refractivity contribution >= 4 is 15.9 Å². The van der Waals surface area contributed by atoms with Gasteiger partial charge in [0, 0.05) is 43.6 Å². The van der Waals surface area contributed by atoms with Gasteiger partial charge in [0.1, 0.15) is 0 Å². The Labute approximate surface area is 118 Å². The third-order valence-corrected chi connectivity index (χ3v) is 5.28.